The molecule has 1 aliphatic rings. The van der Waals surface area contributed by atoms with Gasteiger partial charge in [-0.15, -0.1) is 10.2 Å². The number of hydrogen-bond donors (Lipinski definition) is 5. The molecule has 1 aromatic carbocycles. The van der Waals surface area contributed by atoms with Crippen molar-refractivity contribution in [2.75, 3.05) is 5.01 Å². The number of rotatable bonds is 5. The summed E-state index contributed by atoms with van der Waals surface area (Å²) in [6.45, 7) is 0. The van der Waals surface area contributed by atoms with E-state index in [9.17, 15) is 23.4 Å². The molecule has 5 N–H and O–H groups in total. The molecule has 0 saturated heterocycles. The van der Waals surface area contributed by atoms with Gasteiger partial charge in [0, 0.05) is 12.1 Å². The molecular formula is C13H12N6O6S. The fourth-order valence-electron chi connectivity index (χ4n) is 2.12. The zero-order chi connectivity index (χ0) is 18.9. The Morgan fingerprint density at radius 2 is 1.92 bits per heavy atom. The maximum absolute atomic E-state index is 11.7. The van der Waals surface area contributed by atoms with Gasteiger partial charge in [0.15, 0.2) is 5.82 Å². The quantitative estimate of drug-likeness (QED) is 0.372. The number of hydrogen-bond acceptors (Lipinski definition) is 9. The molecule has 0 radical (unpaired) electrons. The lowest BCUT2D eigenvalue weighted by Crippen LogP contribution is -2.51. The number of carboxylic acid groups (broad SMARTS) is 1. The van der Waals surface area contributed by atoms with Gasteiger partial charge in [0.05, 0.1) is 16.8 Å². The third kappa shape index (κ3) is 3.26. The highest BCUT2D eigenvalue weighted by Crippen LogP contribution is 2.29. The third-order valence-corrected chi connectivity index (χ3v) is 4.24. The summed E-state index contributed by atoms with van der Waals surface area (Å²) in [5, 5.41) is 34.1. The normalized spacial score (nSPS) is 20.5. The van der Waals surface area contributed by atoms with Gasteiger partial charge >= 0.3 is 5.97 Å². The van der Waals surface area contributed by atoms with Gasteiger partial charge in [-0.25, -0.2) is 9.80 Å². The number of hydrazine groups is 1. The summed E-state index contributed by atoms with van der Waals surface area (Å²) in [6.07, 6.45) is 2.33. The van der Waals surface area contributed by atoms with Gasteiger partial charge in [0.2, 0.25) is 5.88 Å². The second-order valence-corrected chi connectivity index (χ2v) is 6.55. The summed E-state index contributed by atoms with van der Waals surface area (Å²) >= 11 is 0. The molecule has 0 bridgehead atoms. The van der Waals surface area contributed by atoms with Crippen LogP contribution in [0.25, 0.3) is 0 Å². The van der Waals surface area contributed by atoms with E-state index in [1.165, 1.54) is 24.4 Å². The summed E-state index contributed by atoms with van der Waals surface area (Å²) in [5.74, 6) is -1.73. The van der Waals surface area contributed by atoms with Crippen LogP contribution >= 0.6 is 0 Å². The molecule has 1 aromatic heterocycles. The predicted octanol–water partition coefficient (Wildman–Crippen LogP) is 0.945. The van der Waals surface area contributed by atoms with Gasteiger partial charge in [-0.05, 0) is 24.3 Å². The topological polar surface area (TPSA) is 181 Å². The van der Waals surface area contributed by atoms with Crippen LogP contribution in [0.4, 0.5) is 11.5 Å². The van der Waals surface area contributed by atoms with Crippen LogP contribution < -0.4 is 10.4 Å². The predicted molar refractivity (Wildman–Crippen MR) is 86.1 cm³/mol. The van der Waals surface area contributed by atoms with E-state index in [4.69, 9.17) is 4.55 Å². The number of nitrogens with zero attached hydrogens (tertiary/aromatic N) is 4. The third-order valence-electron chi connectivity index (χ3n) is 3.37. The number of aliphatic hydroxyl groups excluding tert-OH is 1. The first kappa shape index (κ1) is 17.5. The zero-order valence-electron chi connectivity index (χ0n) is 12.8. The summed E-state index contributed by atoms with van der Waals surface area (Å²) in [6, 6.07) is 6.15. The van der Waals surface area contributed by atoms with Gasteiger partial charge in [0.25, 0.3) is 15.8 Å². The van der Waals surface area contributed by atoms with Crippen LogP contribution in [-0.2, 0) is 14.9 Å². The Bertz CT molecular complexity index is 985. The Labute approximate surface area is 146 Å². The van der Waals surface area contributed by atoms with Crippen LogP contribution in [0.3, 0.4) is 0 Å². The molecule has 1 aliphatic heterocycles. The Morgan fingerprint density at radius 3 is 2.46 bits per heavy atom. The number of aliphatic carboxylic acids is 1. The number of H-pyrrole nitrogens is 1. The summed E-state index contributed by atoms with van der Waals surface area (Å²) in [4.78, 5) is 11.3. The minimum absolute atomic E-state index is 0.200. The smallest absolute Gasteiger partial charge is 0.354 e. The van der Waals surface area contributed by atoms with Gasteiger partial charge < -0.3 is 10.2 Å². The van der Waals surface area contributed by atoms with Crippen molar-refractivity contribution in [2.45, 2.75) is 10.6 Å². The van der Waals surface area contributed by atoms with Gasteiger partial charge in [-0.3, -0.25) is 9.65 Å². The average molecular weight is 380 g/mol. The summed E-state index contributed by atoms with van der Waals surface area (Å²) in [7, 11) is -4.38. The highest BCUT2D eigenvalue weighted by Gasteiger charge is 2.46. The lowest BCUT2D eigenvalue weighted by molar-refractivity contribution is -0.142. The number of carbonyl (C=O) groups is 1. The number of aromatic nitrogens is 2. The number of carboxylic acids is 1. The van der Waals surface area contributed by atoms with Crippen molar-refractivity contribution in [3.05, 3.63) is 48.5 Å². The summed E-state index contributed by atoms with van der Waals surface area (Å²) < 4.78 is 31.1. The van der Waals surface area contributed by atoms with Crippen LogP contribution in [0.5, 0.6) is 0 Å². The molecular weight excluding hydrogens is 368 g/mol. The molecule has 0 aliphatic carbocycles. The molecule has 12 nitrogen and oxygen atoms in total. The SMILES string of the molecule is O=C(O)C1(N=Nc2ccn[nH]2)C=C(O)N(c2ccc(S(=O)(=O)O)cc2)N1. The standard InChI is InChI=1S/C13H12N6O6S/c20-11-7-13(12(21)22,17-16-10-5-6-14-15-10)18-19(11)8-1-3-9(4-2-8)26(23,24)25/h1-7,18,20H,(H,14,15)(H,21,22)(H,23,24,25). The van der Waals surface area contributed by atoms with Crippen molar-refractivity contribution in [1.29, 1.82) is 0 Å². The maximum Gasteiger partial charge on any atom is 0.354 e. The first-order valence-corrected chi connectivity index (χ1v) is 8.38. The van der Waals surface area contributed by atoms with Crippen molar-refractivity contribution in [3.8, 4) is 0 Å². The molecule has 1 atom stereocenters. The Balaban J connectivity index is 1.90. The van der Waals surface area contributed by atoms with Gasteiger partial charge in [0.1, 0.15) is 0 Å². The lowest BCUT2D eigenvalue weighted by Gasteiger charge is -2.23. The Kier molecular flexibility index (Phi) is 4.19. The van der Waals surface area contributed by atoms with Crippen LogP contribution in [0.2, 0.25) is 0 Å². The van der Waals surface area contributed by atoms with Crippen molar-refractivity contribution >= 4 is 27.6 Å². The van der Waals surface area contributed by atoms with Gasteiger partial charge in [-0.2, -0.15) is 18.9 Å². The monoisotopic (exact) mass is 380 g/mol. The minimum atomic E-state index is -4.38. The highest BCUT2D eigenvalue weighted by atomic mass is 32.2. The number of benzene rings is 1. The molecule has 2 heterocycles. The number of aromatic amines is 1. The van der Waals surface area contributed by atoms with E-state index in [1.54, 1.807) is 0 Å². The van der Waals surface area contributed by atoms with Crippen molar-refractivity contribution in [2.24, 2.45) is 10.2 Å². The molecule has 136 valence electrons. The lowest BCUT2D eigenvalue weighted by atomic mass is 10.2. The average Bonchev–Trinajstić information content (AvgIpc) is 3.20. The fraction of sp³-hybridized carbons (Fsp3) is 0.0769. The second-order valence-electron chi connectivity index (χ2n) is 5.13. The molecule has 0 spiro atoms. The van der Waals surface area contributed by atoms with Crippen LogP contribution in [-0.4, -0.2) is 45.0 Å². The molecule has 26 heavy (non-hydrogen) atoms. The van der Waals surface area contributed by atoms with E-state index in [0.717, 1.165) is 23.2 Å². The molecule has 13 heteroatoms. The molecule has 0 saturated carbocycles. The second kappa shape index (κ2) is 6.21. The van der Waals surface area contributed by atoms with E-state index < -0.39 is 27.6 Å². The first-order valence-electron chi connectivity index (χ1n) is 6.94. The van der Waals surface area contributed by atoms with E-state index >= 15 is 0 Å². The van der Waals surface area contributed by atoms with E-state index in [2.05, 4.69) is 25.9 Å². The summed E-state index contributed by atoms with van der Waals surface area (Å²) in [5.41, 5.74) is 0.589. The highest BCUT2D eigenvalue weighted by molar-refractivity contribution is 7.85. The largest absolute Gasteiger partial charge is 0.494 e. The molecule has 1 unspecified atom stereocenters. The van der Waals surface area contributed by atoms with Crippen molar-refractivity contribution < 1.29 is 28.0 Å². The molecule has 0 fully saturated rings. The maximum atomic E-state index is 11.7. The minimum Gasteiger partial charge on any atom is -0.494 e. The van der Waals surface area contributed by atoms with E-state index in [0.29, 0.717) is 0 Å². The van der Waals surface area contributed by atoms with Crippen LogP contribution in [0.15, 0.2) is 63.6 Å². The van der Waals surface area contributed by atoms with Gasteiger partial charge in [-0.1, -0.05) is 0 Å². The van der Waals surface area contributed by atoms with E-state index in [-0.39, 0.29) is 16.4 Å². The first-order chi connectivity index (χ1) is 12.2. The number of azo groups is 1. The molecule has 2 aromatic rings. The van der Waals surface area contributed by atoms with E-state index in [1.807, 2.05) is 0 Å². The molecule has 3 rings (SSSR count). The zero-order valence-corrected chi connectivity index (χ0v) is 13.6. The Hall–Kier alpha value is -3.29. The Morgan fingerprint density at radius 1 is 1.23 bits per heavy atom. The fourth-order valence-corrected chi connectivity index (χ4v) is 2.60. The number of anilines is 1. The van der Waals surface area contributed by atoms with Crippen molar-refractivity contribution in [3.63, 3.8) is 0 Å². The van der Waals surface area contributed by atoms with Crippen LogP contribution in [0.1, 0.15) is 0 Å². The number of nitrogens with one attached hydrogen (secondary N) is 2. The van der Waals surface area contributed by atoms with Crippen molar-refractivity contribution in [1.82, 2.24) is 15.6 Å². The molecule has 0 amide bonds. The van der Waals surface area contributed by atoms with Crippen LogP contribution in [0, 0.1) is 0 Å². The number of aliphatic hydroxyl groups is 1.